The Morgan fingerprint density at radius 1 is 1.19 bits per heavy atom. The molecule has 0 unspecified atom stereocenters. The van der Waals surface area contributed by atoms with Crippen molar-refractivity contribution in [3.63, 3.8) is 0 Å². The monoisotopic (exact) mass is 297 g/mol. The second kappa shape index (κ2) is 5.82. The Labute approximate surface area is 118 Å². The van der Waals surface area contributed by atoms with Crippen molar-refractivity contribution < 1.29 is 27.4 Å². The number of hydrogen-bond acceptors (Lipinski definition) is 4. The van der Waals surface area contributed by atoms with Gasteiger partial charge in [-0.25, -0.2) is 9.78 Å². The molecule has 0 aliphatic carbocycles. The molecule has 0 atom stereocenters. The molecular weight excluding hydrogens is 287 g/mol. The number of halogens is 3. The van der Waals surface area contributed by atoms with E-state index >= 15 is 0 Å². The van der Waals surface area contributed by atoms with Crippen molar-refractivity contribution in [3.05, 3.63) is 53.7 Å². The molecule has 0 aliphatic heterocycles. The van der Waals surface area contributed by atoms with Crippen molar-refractivity contribution in [2.24, 2.45) is 0 Å². The van der Waals surface area contributed by atoms with Gasteiger partial charge in [-0.15, -0.1) is 0 Å². The minimum Gasteiger partial charge on any atom is -0.465 e. The van der Waals surface area contributed by atoms with Crippen molar-refractivity contribution >= 4 is 5.97 Å². The molecule has 1 aromatic carbocycles. The van der Waals surface area contributed by atoms with Gasteiger partial charge in [0, 0.05) is 12.3 Å². The molecule has 2 rings (SSSR count). The first-order valence-electron chi connectivity index (χ1n) is 5.79. The Hall–Kier alpha value is -2.57. The lowest BCUT2D eigenvalue weighted by atomic mass is 10.2. The SMILES string of the molecule is COC(=O)c1ccnc(Oc2cccc(C(F)(F)F)c2)c1. The normalized spacial score (nSPS) is 11.0. The van der Waals surface area contributed by atoms with E-state index in [1.54, 1.807) is 0 Å². The Balaban J connectivity index is 2.24. The maximum absolute atomic E-state index is 12.6. The molecule has 0 N–H and O–H groups in total. The number of methoxy groups -OCH3 is 1. The molecule has 0 saturated heterocycles. The number of carbonyl (C=O) groups excluding carboxylic acids is 1. The highest BCUT2D eigenvalue weighted by Crippen LogP contribution is 2.32. The van der Waals surface area contributed by atoms with E-state index in [0.29, 0.717) is 0 Å². The molecule has 2 aromatic rings. The van der Waals surface area contributed by atoms with E-state index in [0.717, 1.165) is 12.1 Å². The number of benzene rings is 1. The summed E-state index contributed by atoms with van der Waals surface area (Å²) in [6.07, 6.45) is -3.16. The third-order valence-corrected chi connectivity index (χ3v) is 2.54. The number of ether oxygens (including phenoxy) is 2. The standard InChI is InChI=1S/C14H10F3NO3/c1-20-13(19)9-5-6-18-12(7-9)21-11-4-2-3-10(8-11)14(15,16)17/h2-8H,1H3. The molecular formula is C14H10F3NO3. The number of aromatic nitrogens is 1. The predicted octanol–water partition coefficient (Wildman–Crippen LogP) is 3.68. The van der Waals surface area contributed by atoms with Crippen LogP contribution in [0, 0.1) is 0 Å². The second-order valence-corrected chi connectivity index (χ2v) is 4.00. The van der Waals surface area contributed by atoms with Gasteiger partial charge in [-0.2, -0.15) is 13.2 Å². The highest BCUT2D eigenvalue weighted by molar-refractivity contribution is 5.89. The summed E-state index contributed by atoms with van der Waals surface area (Å²) in [6, 6.07) is 7.07. The summed E-state index contributed by atoms with van der Waals surface area (Å²) in [7, 11) is 1.22. The van der Waals surface area contributed by atoms with Gasteiger partial charge in [0.25, 0.3) is 0 Å². The average Bonchev–Trinajstić information content (AvgIpc) is 2.46. The van der Waals surface area contributed by atoms with Gasteiger partial charge >= 0.3 is 12.1 Å². The fraction of sp³-hybridized carbons (Fsp3) is 0.143. The first kappa shape index (κ1) is 14.8. The number of pyridine rings is 1. The summed E-state index contributed by atoms with van der Waals surface area (Å²) in [5.41, 5.74) is -0.640. The zero-order chi connectivity index (χ0) is 15.5. The van der Waals surface area contributed by atoms with Gasteiger partial charge in [0.15, 0.2) is 0 Å². The van der Waals surface area contributed by atoms with Gasteiger partial charge in [0.05, 0.1) is 18.2 Å². The fourth-order valence-electron chi connectivity index (χ4n) is 1.57. The third-order valence-electron chi connectivity index (χ3n) is 2.54. The Morgan fingerprint density at radius 2 is 1.95 bits per heavy atom. The molecule has 0 radical (unpaired) electrons. The Bertz CT molecular complexity index is 656. The van der Waals surface area contributed by atoms with Crippen molar-refractivity contribution in [2.75, 3.05) is 7.11 Å². The van der Waals surface area contributed by atoms with Crippen LogP contribution in [0.1, 0.15) is 15.9 Å². The summed E-state index contributed by atoms with van der Waals surface area (Å²) in [5.74, 6) is -0.622. The van der Waals surface area contributed by atoms with Gasteiger partial charge in [-0.1, -0.05) is 6.07 Å². The van der Waals surface area contributed by atoms with Crippen LogP contribution in [0.4, 0.5) is 13.2 Å². The van der Waals surface area contributed by atoms with E-state index in [1.807, 2.05) is 0 Å². The van der Waals surface area contributed by atoms with E-state index in [9.17, 15) is 18.0 Å². The van der Waals surface area contributed by atoms with Crippen LogP contribution >= 0.6 is 0 Å². The number of nitrogens with zero attached hydrogens (tertiary/aromatic N) is 1. The summed E-state index contributed by atoms with van der Waals surface area (Å²) in [4.78, 5) is 15.2. The lowest BCUT2D eigenvalue weighted by molar-refractivity contribution is -0.137. The molecule has 0 bridgehead atoms. The lowest BCUT2D eigenvalue weighted by Crippen LogP contribution is -2.05. The van der Waals surface area contributed by atoms with E-state index < -0.39 is 17.7 Å². The Morgan fingerprint density at radius 3 is 2.62 bits per heavy atom. The van der Waals surface area contributed by atoms with Crippen LogP contribution in [0.2, 0.25) is 0 Å². The quantitative estimate of drug-likeness (QED) is 0.811. The topological polar surface area (TPSA) is 48.4 Å². The summed E-state index contributed by atoms with van der Waals surface area (Å²) >= 11 is 0. The molecule has 1 aromatic heterocycles. The van der Waals surface area contributed by atoms with Gasteiger partial charge in [-0.3, -0.25) is 0 Å². The zero-order valence-electron chi connectivity index (χ0n) is 10.8. The van der Waals surface area contributed by atoms with Gasteiger partial charge in [0.2, 0.25) is 5.88 Å². The van der Waals surface area contributed by atoms with Crippen LogP contribution in [0.5, 0.6) is 11.6 Å². The molecule has 21 heavy (non-hydrogen) atoms. The summed E-state index contributed by atoms with van der Waals surface area (Å²) < 4.78 is 47.5. The number of alkyl halides is 3. The maximum Gasteiger partial charge on any atom is 0.416 e. The van der Waals surface area contributed by atoms with Gasteiger partial charge in [-0.05, 0) is 24.3 Å². The minimum absolute atomic E-state index is 0.00257. The van der Waals surface area contributed by atoms with Crippen LogP contribution in [0.15, 0.2) is 42.6 Å². The van der Waals surface area contributed by atoms with Crippen LogP contribution in [0.3, 0.4) is 0 Å². The van der Waals surface area contributed by atoms with Crippen LogP contribution < -0.4 is 4.74 Å². The predicted molar refractivity (Wildman–Crippen MR) is 67.1 cm³/mol. The van der Waals surface area contributed by atoms with Crippen LogP contribution in [0.25, 0.3) is 0 Å². The smallest absolute Gasteiger partial charge is 0.416 e. The van der Waals surface area contributed by atoms with Crippen molar-refractivity contribution in [1.82, 2.24) is 4.98 Å². The number of esters is 1. The zero-order valence-corrected chi connectivity index (χ0v) is 10.8. The molecule has 110 valence electrons. The molecule has 0 amide bonds. The largest absolute Gasteiger partial charge is 0.465 e. The molecule has 0 fully saturated rings. The highest BCUT2D eigenvalue weighted by Gasteiger charge is 2.30. The molecule has 4 nitrogen and oxygen atoms in total. The first-order valence-corrected chi connectivity index (χ1v) is 5.79. The molecule has 0 saturated carbocycles. The fourth-order valence-corrected chi connectivity index (χ4v) is 1.57. The molecule has 1 heterocycles. The van der Waals surface area contributed by atoms with Crippen LogP contribution in [-0.2, 0) is 10.9 Å². The molecule has 0 aliphatic rings. The second-order valence-electron chi connectivity index (χ2n) is 4.00. The van der Waals surface area contributed by atoms with Crippen molar-refractivity contribution in [3.8, 4) is 11.6 Å². The molecule has 0 spiro atoms. The van der Waals surface area contributed by atoms with Crippen molar-refractivity contribution in [2.45, 2.75) is 6.18 Å². The maximum atomic E-state index is 12.6. The summed E-state index contributed by atoms with van der Waals surface area (Å²) in [5, 5.41) is 0. The van der Waals surface area contributed by atoms with E-state index in [-0.39, 0.29) is 17.2 Å². The van der Waals surface area contributed by atoms with Crippen molar-refractivity contribution in [1.29, 1.82) is 0 Å². The number of carbonyl (C=O) groups is 1. The van der Waals surface area contributed by atoms with E-state index in [1.165, 1.54) is 37.6 Å². The average molecular weight is 297 g/mol. The third kappa shape index (κ3) is 3.71. The lowest BCUT2D eigenvalue weighted by Gasteiger charge is -2.09. The summed E-state index contributed by atoms with van der Waals surface area (Å²) in [6.45, 7) is 0. The van der Waals surface area contributed by atoms with Gasteiger partial charge < -0.3 is 9.47 Å². The number of rotatable bonds is 3. The highest BCUT2D eigenvalue weighted by atomic mass is 19.4. The van der Waals surface area contributed by atoms with E-state index in [4.69, 9.17) is 4.74 Å². The Kier molecular flexibility index (Phi) is 4.11. The first-order chi connectivity index (χ1) is 9.90. The van der Waals surface area contributed by atoms with Gasteiger partial charge in [0.1, 0.15) is 5.75 Å². The molecule has 7 heteroatoms. The van der Waals surface area contributed by atoms with Crippen LogP contribution in [-0.4, -0.2) is 18.1 Å². The minimum atomic E-state index is -4.46. The van der Waals surface area contributed by atoms with E-state index in [2.05, 4.69) is 9.72 Å². The number of hydrogen-bond donors (Lipinski definition) is 0.